The molecule has 0 bridgehead atoms. The molecule has 3 N–H and O–H groups in total. The van der Waals surface area contributed by atoms with Crippen molar-refractivity contribution in [1.29, 1.82) is 0 Å². The summed E-state index contributed by atoms with van der Waals surface area (Å²) in [5.41, 5.74) is 6.55. The van der Waals surface area contributed by atoms with Gasteiger partial charge in [0.15, 0.2) is 0 Å². The Balaban J connectivity index is 2.05. The average molecular weight is 316 g/mol. The van der Waals surface area contributed by atoms with Gasteiger partial charge in [-0.2, -0.15) is 0 Å². The second-order valence-corrected chi connectivity index (χ2v) is 5.40. The van der Waals surface area contributed by atoms with Gasteiger partial charge >= 0.3 is 6.36 Å². The third-order valence-corrected chi connectivity index (χ3v) is 3.59. The standard InChI is InChI=1S/C13H11F3N2O2S/c1-7-10(17)6-11(21-7)12(19)18-8-2-4-9(5-3-8)20-13(14,15)16/h2-6H,17H2,1H3,(H,18,19). The number of anilines is 2. The van der Waals surface area contributed by atoms with Crippen molar-refractivity contribution in [1.82, 2.24) is 0 Å². The van der Waals surface area contributed by atoms with Crippen LogP contribution in [0.2, 0.25) is 0 Å². The highest BCUT2D eigenvalue weighted by molar-refractivity contribution is 7.14. The molecular formula is C13H11F3N2O2S. The summed E-state index contributed by atoms with van der Waals surface area (Å²) >= 11 is 1.24. The summed E-state index contributed by atoms with van der Waals surface area (Å²) in [7, 11) is 0. The molecule has 2 rings (SSSR count). The lowest BCUT2D eigenvalue weighted by Crippen LogP contribution is -2.17. The molecule has 0 fully saturated rings. The number of ether oxygens (including phenoxy) is 1. The SMILES string of the molecule is Cc1sc(C(=O)Nc2ccc(OC(F)(F)F)cc2)cc1N. The van der Waals surface area contributed by atoms with Crippen molar-refractivity contribution in [2.45, 2.75) is 13.3 Å². The predicted octanol–water partition coefficient (Wildman–Crippen LogP) is 3.79. The zero-order valence-corrected chi connectivity index (χ0v) is 11.6. The van der Waals surface area contributed by atoms with Crippen molar-refractivity contribution in [2.24, 2.45) is 0 Å². The third-order valence-electron chi connectivity index (χ3n) is 2.53. The second kappa shape index (κ2) is 5.65. The summed E-state index contributed by atoms with van der Waals surface area (Å²) in [6, 6.07) is 6.44. The number of carbonyl (C=O) groups is 1. The van der Waals surface area contributed by atoms with Crippen LogP contribution in [0.15, 0.2) is 30.3 Å². The van der Waals surface area contributed by atoms with Gasteiger partial charge in [-0.05, 0) is 37.3 Å². The van der Waals surface area contributed by atoms with Gasteiger partial charge in [0.2, 0.25) is 0 Å². The molecule has 0 radical (unpaired) electrons. The first-order valence-electron chi connectivity index (χ1n) is 5.77. The summed E-state index contributed by atoms with van der Waals surface area (Å²) < 4.78 is 39.8. The lowest BCUT2D eigenvalue weighted by atomic mass is 10.3. The van der Waals surface area contributed by atoms with Gasteiger partial charge in [0, 0.05) is 16.3 Å². The van der Waals surface area contributed by atoms with Gasteiger partial charge in [-0.25, -0.2) is 0 Å². The highest BCUT2D eigenvalue weighted by Gasteiger charge is 2.30. The molecule has 0 spiro atoms. The van der Waals surface area contributed by atoms with Gasteiger partial charge in [0.1, 0.15) is 5.75 Å². The molecule has 2 aromatic rings. The van der Waals surface area contributed by atoms with E-state index in [1.54, 1.807) is 13.0 Å². The summed E-state index contributed by atoms with van der Waals surface area (Å²) in [6.45, 7) is 1.79. The monoisotopic (exact) mass is 316 g/mol. The summed E-state index contributed by atoms with van der Waals surface area (Å²) in [6.07, 6.45) is -4.74. The van der Waals surface area contributed by atoms with Crippen molar-refractivity contribution >= 4 is 28.6 Å². The van der Waals surface area contributed by atoms with E-state index in [9.17, 15) is 18.0 Å². The van der Waals surface area contributed by atoms with E-state index in [0.717, 1.165) is 17.0 Å². The average Bonchev–Trinajstić information content (AvgIpc) is 2.70. The molecule has 1 aromatic heterocycles. The predicted molar refractivity (Wildman–Crippen MR) is 74.5 cm³/mol. The Morgan fingerprint density at radius 2 is 1.90 bits per heavy atom. The number of nitrogens with two attached hydrogens (primary N) is 1. The summed E-state index contributed by atoms with van der Waals surface area (Å²) in [4.78, 5) is 13.2. The Bertz CT molecular complexity index is 631. The zero-order valence-electron chi connectivity index (χ0n) is 10.8. The van der Waals surface area contributed by atoms with Crippen molar-refractivity contribution in [3.8, 4) is 5.75 Å². The minimum atomic E-state index is -4.74. The number of rotatable bonds is 3. The van der Waals surface area contributed by atoms with E-state index in [2.05, 4.69) is 10.1 Å². The maximum absolute atomic E-state index is 12.0. The Morgan fingerprint density at radius 3 is 2.38 bits per heavy atom. The Labute approximate surface area is 122 Å². The number of nitrogens with one attached hydrogen (secondary N) is 1. The summed E-state index contributed by atoms with van der Waals surface area (Å²) in [5.74, 6) is -0.721. The molecule has 4 nitrogen and oxygen atoms in total. The minimum Gasteiger partial charge on any atom is -0.406 e. The van der Waals surface area contributed by atoms with Gasteiger partial charge in [0.25, 0.3) is 5.91 Å². The van der Waals surface area contributed by atoms with E-state index in [4.69, 9.17) is 5.73 Å². The van der Waals surface area contributed by atoms with Gasteiger partial charge < -0.3 is 15.8 Å². The van der Waals surface area contributed by atoms with E-state index in [1.807, 2.05) is 0 Å². The molecule has 0 aliphatic rings. The van der Waals surface area contributed by atoms with Crippen LogP contribution in [-0.4, -0.2) is 12.3 Å². The lowest BCUT2D eigenvalue weighted by molar-refractivity contribution is -0.274. The highest BCUT2D eigenvalue weighted by Crippen LogP contribution is 2.26. The van der Waals surface area contributed by atoms with Crippen LogP contribution in [0.5, 0.6) is 5.75 Å². The van der Waals surface area contributed by atoms with Crippen LogP contribution < -0.4 is 15.8 Å². The largest absolute Gasteiger partial charge is 0.573 e. The van der Waals surface area contributed by atoms with Gasteiger partial charge in [-0.15, -0.1) is 24.5 Å². The number of carbonyl (C=O) groups excluding carboxylic acids is 1. The number of hydrogen-bond donors (Lipinski definition) is 2. The first kappa shape index (κ1) is 15.2. The number of thiophene rings is 1. The number of amides is 1. The van der Waals surface area contributed by atoms with Gasteiger partial charge in [0.05, 0.1) is 4.88 Å². The van der Waals surface area contributed by atoms with Crippen molar-refractivity contribution in [2.75, 3.05) is 11.1 Å². The number of aryl methyl sites for hydroxylation is 1. The molecule has 0 aliphatic carbocycles. The molecule has 0 saturated heterocycles. The van der Waals surface area contributed by atoms with Gasteiger partial charge in [-0.3, -0.25) is 4.79 Å². The van der Waals surface area contributed by atoms with Crippen molar-refractivity contribution in [3.05, 3.63) is 40.1 Å². The van der Waals surface area contributed by atoms with Crippen LogP contribution in [0.3, 0.4) is 0 Å². The molecule has 0 atom stereocenters. The molecular weight excluding hydrogens is 305 g/mol. The third kappa shape index (κ3) is 4.12. The van der Waals surface area contributed by atoms with E-state index in [0.29, 0.717) is 16.3 Å². The Morgan fingerprint density at radius 1 is 1.29 bits per heavy atom. The van der Waals surface area contributed by atoms with Crippen LogP contribution >= 0.6 is 11.3 Å². The fraction of sp³-hybridized carbons (Fsp3) is 0.154. The Hall–Kier alpha value is -2.22. The first-order valence-corrected chi connectivity index (χ1v) is 6.59. The van der Waals surface area contributed by atoms with E-state index >= 15 is 0 Å². The molecule has 0 saturated carbocycles. The maximum Gasteiger partial charge on any atom is 0.573 e. The quantitative estimate of drug-likeness (QED) is 0.905. The van der Waals surface area contributed by atoms with Crippen LogP contribution in [0, 0.1) is 6.92 Å². The molecule has 112 valence electrons. The molecule has 1 heterocycles. The normalized spacial score (nSPS) is 11.2. The van der Waals surface area contributed by atoms with Crippen molar-refractivity contribution < 1.29 is 22.7 Å². The fourth-order valence-corrected chi connectivity index (χ4v) is 2.38. The van der Waals surface area contributed by atoms with Crippen LogP contribution in [0.25, 0.3) is 0 Å². The first-order chi connectivity index (χ1) is 9.74. The summed E-state index contributed by atoms with van der Waals surface area (Å²) in [5, 5.41) is 2.57. The van der Waals surface area contributed by atoms with E-state index in [1.165, 1.54) is 23.5 Å². The molecule has 21 heavy (non-hydrogen) atoms. The molecule has 1 amide bonds. The zero-order chi connectivity index (χ0) is 15.6. The number of alkyl halides is 3. The topological polar surface area (TPSA) is 64.3 Å². The molecule has 0 unspecified atom stereocenters. The number of benzene rings is 1. The molecule has 8 heteroatoms. The fourth-order valence-electron chi connectivity index (χ4n) is 1.54. The van der Waals surface area contributed by atoms with Gasteiger partial charge in [-0.1, -0.05) is 0 Å². The number of hydrogen-bond acceptors (Lipinski definition) is 4. The molecule has 0 aliphatic heterocycles. The highest BCUT2D eigenvalue weighted by atomic mass is 32.1. The van der Waals surface area contributed by atoms with Crippen LogP contribution in [0.4, 0.5) is 24.5 Å². The number of nitrogen functional groups attached to an aromatic ring is 1. The lowest BCUT2D eigenvalue weighted by Gasteiger charge is -2.09. The maximum atomic E-state index is 12.0. The molecule has 1 aromatic carbocycles. The Kier molecular flexibility index (Phi) is 4.08. The van der Waals surface area contributed by atoms with Crippen LogP contribution in [-0.2, 0) is 0 Å². The van der Waals surface area contributed by atoms with E-state index in [-0.39, 0.29) is 11.7 Å². The van der Waals surface area contributed by atoms with E-state index < -0.39 is 6.36 Å². The smallest absolute Gasteiger partial charge is 0.406 e. The van der Waals surface area contributed by atoms with Crippen molar-refractivity contribution in [3.63, 3.8) is 0 Å². The minimum absolute atomic E-state index is 0.350. The second-order valence-electron chi connectivity index (χ2n) is 4.15. The number of halogens is 3. The van der Waals surface area contributed by atoms with Crippen LogP contribution in [0.1, 0.15) is 14.5 Å².